The van der Waals surface area contributed by atoms with Crippen LogP contribution in [0, 0.1) is 5.41 Å². The lowest BCUT2D eigenvalue weighted by Crippen LogP contribution is -2.28. The zero-order valence-corrected chi connectivity index (χ0v) is 9.52. The Kier molecular flexibility index (Phi) is 3.04. The second-order valence-corrected chi connectivity index (χ2v) is 9.79. The highest BCUT2D eigenvalue weighted by molar-refractivity contribution is 8.67. The van der Waals surface area contributed by atoms with Crippen molar-refractivity contribution < 1.29 is 9.05 Å². The van der Waals surface area contributed by atoms with Crippen LogP contribution in [0.3, 0.4) is 0 Å². The van der Waals surface area contributed by atoms with Gasteiger partial charge in [-0.3, -0.25) is 0 Å². The SMILES string of the molecule is CSP1(=S)OCC(C)(C)CO1. The van der Waals surface area contributed by atoms with E-state index in [0.717, 1.165) is 13.2 Å². The third-order valence-electron chi connectivity index (χ3n) is 1.45. The van der Waals surface area contributed by atoms with Crippen molar-refractivity contribution in [2.45, 2.75) is 13.8 Å². The van der Waals surface area contributed by atoms with Gasteiger partial charge in [0.15, 0.2) is 0 Å². The second-order valence-electron chi connectivity index (χ2n) is 3.34. The van der Waals surface area contributed by atoms with E-state index in [4.69, 9.17) is 20.9 Å². The van der Waals surface area contributed by atoms with E-state index in [1.807, 2.05) is 6.26 Å². The fourth-order valence-electron chi connectivity index (χ4n) is 0.692. The molecule has 0 aromatic rings. The van der Waals surface area contributed by atoms with Crippen LogP contribution in [0.15, 0.2) is 0 Å². The normalized spacial score (nSPS) is 28.3. The molecule has 0 bridgehead atoms. The second kappa shape index (κ2) is 3.35. The number of hydrogen-bond acceptors (Lipinski definition) is 4. The van der Waals surface area contributed by atoms with Gasteiger partial charge in [-0.25, -0.2) is 0 Å². The summed E-state index contributed by atoms with van der Waals surface area (Å²) < 4.78 is 11.0. The standard InChI is InChI=1S/C6H13O2PS2/c1-6(2)4-7-9(10,11-3)8-5-6/h4-5H2,1-3H3. The minimum absolute atomic E-state index is 0.137. The fourth-order valence-corrected chi connectivity index (χ4v) is 3.26. The molecular formula is C6H13O2PS2. The summed E-state index contributed by atoms with van der Waals surface area (Å²) >= 11 is 6.72. The van der Waals surface area contributed by atoms with E-state index in [1.54, 1.807) is 0 Å². The Morgan fingerprint density at radius 1 is 1.36 bits per heavy atom. The first kappa shape index (κ1) is 10.0. The van der Waals surface area contributed by atoms with Gasteiger partial charge in [0, 0.05) is 5.41 Å². The summed E-state index contributed by atoms with van der Waals surface area (Å²) in [4.78, 5) is 0. The molecule has 1 heterocycles. The van der Waals surface area contributed by atoms with Crippen molar-refractivity contribution in [2.75, 3.05) is 19.5 Å². The van der Waals surface area contributed by atoms with Gasteiger partial charge in [0.1, 0.15) is 0 Å². The molecule has 0 aromatic carbocycles. The van der Waals surface area contributed by atoms with Gasteiger partial charge in [0.25, 0.3) is 0 Å². The molecule has 11 heavy (non-hydrogen) atoms. The van der Waals surface area contributed by atoms with Gasteiger partial charge in [0.05, 0.1) is 13.2 Å². The van der Waals surface area contributed by atoms with Crippen LogP contribution in [0.4, 0.5) is 0 Å². The first-order chi connectivity index (χ1) is 4.97. The molecule has 1 rings (SSSR count). The first-order valence-electron chi connectivity index (χ1n) is 3.42. The van der Waals surface area contributed by atoms with Crippen molar-refractivity contribution in [3.8, 4) is 0 Å². The molecule has 0 spiro atoms. The van der Waals surface area contributed by atoms with E-state index in [9.17, 15) is 0 Å². The summed E-state index contributed by atoms with van der Waals surface area (Å²) in [6.45, 7) is 5.69. The van der Waals surface area contributed by atoms with Gasteiger partial charge in [-0.05, 0) is 18.1 Å². The van der Waals surface area contributed by atoms with Crippen LogP contribution in [0.2, 0.25) is 0 Å². The monoisotopic (exact) mass is 212 g/mol. The number of hydrogen-bond donors (Lipinski definition) is 0. The molecule has 0 saturated carbocycles. The zero-order valence-electron chi connectivity index (χ0n) is 6.99. The summed E-state index contributed by atoms with van der Waals surface area (Å²) in [6, 6.07) is 0. The minimum atomic E-state index is -1.92. The fraction of sp³-hybridized carbons (Fsp3) is 1.00. The Morgan fingerprint density at radius 3 is 2.18 bits per heavy atom. The lowest BCUT2D eigenvalue weighted by Gasteiger charge is -2.35. The topological polar surface area (TPSA) is 18.5 Å². The van der Waals surface area contributed by atoms with E-state index in [1.165, 1.54) is 11.4 Å². The van der Waals surface area contributed by atoms with Crippen LogP contribution < -0.4 is 0 Å². The summed E-state index contributed by atoms with van der Waals surface area (Å²) in [5.41, 5.74) is -1.79. The maximum absolute atomic E-state index is 5.50. The van der Waals surface area contributed by atoms with E-state index >= 15 is 0 Å². The van der Waals surface area contributed by atoms with Crippen molar-refractivity contribution in [1.82, 2.24) is 0 Å². The van der Waals surface area contributed by atoms with Crippen molar-refractivity contribution in [1.29, 1.82) is 0 Å². The first-order valence-corrected chi connectivity index (χ1v) is 7.89. The Hall–Kier alpha value is 0.920. The van der Waals surface area contributed by atoms with E-state index in [2.05, 4.69) is 13.8 Å². The van der Waals surface area contributed by atoms with Crippen LogP contribution in [-0.2, 0) is 20.9 Å². The maximum Gasteiger partial charge on any atom is 0.247 e. The molecule has 1 aliphatic rings. The lowest BCUT2D eigenvalue weighted by molar-refractivity contribution is 0.0672. The molecule has 0 atom stereocenters. The van der Waals surface area contributed by atoms with Crippen LogP contribution in [0.25, 0.3) is 0 Å². The van der Waals surface area contributed by atoms with E-state index < -0.39 is 5.69 Å². The van der Waals surface area contributed by atoms with Crippen molar-refractivity contribution >= 4 is 28.9 Å². The Labute approximate surface area is 77.0 Å². The van der Waals surface area contributed by atoms with Gasteiger partial charge < -0.3 is 9.05 Å². The van der Waals surface area contributed by atoms with Crippen LogP contribution >= 0.6 is 17.1 Å². The van der Waals surface area contributed by atoms with Gasteiger partial charge in [-0.15, -0.1) is 0 Å². The molecule has 0 aliphatic carbocycles. The molecule has 1 fully saturated rings. The summed E-state index contributed by atoms with van der Waals surface area (Å²) in [5.74, 6) is 0. The van der Waals surface area contributed by atoms with Gasteiger partial charge in [-0.1, -0.05) is 25.2 Å². The molecule has 0 aromatic heterocycles. The van der Waals surface area contributed by atoms with Gasteiger partial charge >= 0.3 is 0 Å². The van der Waals surface area contributed by atoms with Crippen molar-refractivity contribution in [3.63, 3.8) is 0 Å². The van der Waals surface area contributed by atoms with Crippen molar-refractivity contribution in [3.05, 3.63) is 0 Å². The highest BCUT2D eigenvalue weighted by atomic mass is 32.9. The molecular weight excluding hydrogens is 199 g/mol. The predicted molar refractivity (Wildman–Crippen MR) is 53.5 cm³/mol. The molecule has 2 nitrogen and oxygen atoms in total. The quantitative estimate of drug-likeness (QED) is 0.622. The molecule has 0 unspecified atom stereocenters. The third-order valence-corrected chi connectivity index (χ3v) is 6.74. The Balaban J connectivity index is 2.55. The summed E-state index contributed by atoms with van der Waals surface area (Å²) in [5, 5.41) is 0. The molecule has 0 radical (unpaired) electrons. The van der Waals surface area contributed by atoms with Crippen molar-refractivity contribution in [2.24, 2.45) is 5.41 Å². The van der Waals surface area contributed by atoms with E-state index in [0.29, 0.717) is 0 Å². The average molecular weight is 212 g/mol. The van der Waals surface area contributed by atoms with Gasteiger partial charge in [0.2, 0.25) is 5.69 Å². The van der Waals surface area contributed by atoms with Crippen LogP contribution in [0.1, 0.15) is 13.8 Å². The third kappa shape index (κ3) is 2.71. The average Bonchev–Trinajstić information content (AvgIpc) is 1.97. The van der Waals surface area contributed by atoms with E-state index in [-0.39, 0.29) is 5.41 Å². The van der Waals surface area contributed by atoms with Crippen LogP contribution in [0.5, 0.6) is 0 Å². The lowest BCUT2D eigenvalue weighted by atomic mass is 9.97. The molecule has 0 N–H and O–H groups in total. The predicted octanol–water partition coefficient (Wildman–Crippen LogP) is 2.65. The molecule has 1 aliphatic heterocycles. The highest BCUT2D eigenvalue weighted by Gasteiger charge is 2.32. The molecule has 66 valence electrons. The van der Waals surface area contributed by atoms with Gasteiger partial charge in [-0.2, -0.15) is 0 Å². The minimum Gasteiger partial charge on any atom is -0.321 e. The zero-order chi connectivity index (χ0) is 8.54. The highest BCUT2D eigenvalue weighted by Crippen LogP contribution is 2.62. The largest absolute Gasteiger partial charge is 0.321 e. The smallest absolute Gasteiger partial charge is 0.247 e. The maximum atomic E-state index is 5.50. The Morgan fingerprint density at radius 2 is 1.82 bits per heavy atom. The molecule has 5 heteroatoms. The Bertz CT molecular complexity index is 179. The molecule has 1 saturated heterocycles. The summed E-state index contributed by atoms with van der Waals surface area (Å²) in [7, 11) is 0. The van der Waals surface area contributed by atoms with Crippen LogP contribution in [-0.4, -0.2) is 19.5 Å². The molecule has 0 amide bonds. The summed E-state index contributed by atoms with van der Waals surface area (Å²) in [6.07, 6.45) is 1.94. The number of rotatable bonds is 1.